The summed E-state index contributed by atoms with van der Waals surface area (Å²) in [4.78, 5) is 19.1. The van der Waals surface area contributed by atoms with E-state index in [2.05, 4.69) is 9.97 Å². The molecule has 5 nitrogen and oxygen atoms in total. The third-order valence-electron chi connectivity index (χ3n) is 3.07. The van der Waals surface area contributed by atoms with Gasteiger partial charge in [0.2, 0.25) is 0 Å². The summed E-state index contributed by atoms with van der Waals surface area (Å²) in [5.41, 5.74) is 0.982. The molecule has 1 heterocycles. The maximum atomic E-state index is 11.8. The second-order valence-corrected chi connectivity index (χ2v) is 4.59. The first-order valence-electron chi connectivity index (χ1n) is 7.14. The Morgan fingerprint density at radius 2 is 2.14 bits per heavy atom. The number of hydrogen-bond donors (Lipinski definition) is 1. The summed E-state index contributed by atoms with van der Waals surface area (Å²) in [5.74, 6) is 1.22. The molecule has 1 aromatic heterocycles. The highest BCUT2D eigenvalue weighted by Gasteiger charge is 2.20. The molecule has 0 saturated carbocycles. The fraction of sp³-hybridized carbons (Fsp3) is 0.375. The van der Waals surface area contributed by atoms with E-state index in [1.165, 1.54) is 0 Å². The van der Waals surface area contributed by atoms with Gasteiger partial charge in [-0.2, -0.15) is 0 Å². The lowest BCUT2D eigenvalue weighted by molar-refractivity contribution is -0.151. The van der Waals surface area contributed by atoms with Crippen LogP contribution in [0.2, 0.25) is 0 Å². The second kappa shape index (κ2) is 7.47. The molecule has 2 aromatic rings. The molecule has 1 aromatic carbocycles. The number of aromatic amines is 1. The molecule has 0 aliphatic heterocycles. The van der Waals surface area contributed by atoms with E-state index in [4.69, 9.17) is 9.47 Å². The van der Waals surface area contributed by atoms with E-state index in [0.717, 1.165) is 11.4 Å². The van der Waals surface area contributed by atoms with E-state index in [1.807, 2.05) is 31.2 Å². The van der Waals surface area contributed by atoms with Gasteiger partial charge in [-0.1, -0.05) is 25.1 Å². The van der Waals surface area contributed by atoms with Gasteiger partial charge in [-0.3, -0.25) is 0 Å². The largest absolute Gasteiger partial charge is 0.478 e. The Morgan fingerprint density at radius 1 is 1.33 bits per heavy atom. The Hall–Kier alpha value is -2.30. The molecular weight excluding hydrogens is 268 g/mol. The number of carbonyl (C=O) groups excluding carboxylic acids is 1. The third kappa shape index (κ3) is 4.08. The molecule has 1 unspecified atom stereocenters. The number of para-hydroxylation sites is 1. The van der Waals surface area contributed by atoms with Crippen molar-refractivity contribution in [2.45, 2.75) is 32.8 Å². The Morgan fingerprint density at radius 3 is 2.81 bits per heavy atom. The fourth-order valence-electron chi connectivity index (χ4n) is 2.03. The monoisotopic (exact) mass is 288 g/mol. The molecule has 0 aliphatic rings. The Bertz CT molecular complexity index is 567. The Labute approximate surface area is 124 Å². The molecule has 0 bridgehead atoms. The van der Waals surface area contributed by atoms with Crippen LogP contribution in [0.25, 0.3) is 0 Å². The van der Waals surface area contributed by atoms with Gasteiger partial charge in [0.15, 0.2) is 6.10 Å². The number of ether oxygens (including phenoxy) is 2. The zero-order chi connectivity index (χ0) is 15.1. The van der Waals surface area contributed by atoms with Crippen molar-refractivity contribution in [3.05, 3.63) is 48.0 Å². The van der Waals surface area contributed by atoms with Gasteiger partial charge in [0.1, 0.15) is 11.6 Å². The summed E-state index contributed by atoms with van der Waals surface area (Å²) in [6, 6.07) is 7.66. The number of benzene rings is 1. The predicted molar refractivity (Wildman–Crippen MR) is 79.2 cm³/mol. The molecular formula is C16H20N2O3. The Balaban J connectivity index is 2.13. The summed E-state index contributed by atoms with van der Waals surface area (Å²) in [6.07, 6.45) is 4.11. The van der Waals surface area contributed by atoms with Crippen molar-refractivity contribution in [3.8, 4) is 5.75 Å². The number of nitrogens with zero attached hydrogens (tertiary/aromatic N) is 1. The summed E-state index contributed by atoms with van der Waals surface area (Å²) in [5, 5.41) is 0. The molecule has 0 spiro atoms. The molecule has 112 valence electrons. The van der Waals surface area contributed by atoms with Gasteiger partial charge in [0.05, 0.1) is 6.61 Å². The van der Waals surface area contributed by atoms with Crippen LogP contribution in [0.3, 0.4) is 0 Å². The van der Waals surface area contributed by atoms with Crippen molar-refractivity contribution in [2.24, 2.45) is 0 Å². The third-order valence-corrected chi connectivity index (χ3v) is 3.07. The molecule has 0 fully saturated rings. The molecule has 1 atom stereocenters. The van der Waals surface area contributed by atoms with Crippen LogP contribution in [0.15, 0.2) is 36.7 Å². The summed E-state index contributed by atoms with van der Waals surface area (Å²) in [7, 11) is 0. The normalized spacial score (nSPS) is 11.9. The van der Waals surface area contributed by atoms with Crippen LogP contribution in [0.5, 0.6) is 5.75 Å². The molecule has 21 heavy (non-hydrogen) atoms. The molecule has 5 heteroatoms. The number of esters is 1. The summed E-state index contributed by atoms with van der Waals surface area (Å²) >= 11 is 0. The van der Waals surface area contributed by atoms with Crippen LogP contribution in [0.1, 0.15) is 31.7 Å². The average molecular weight is 288 g/mol. The van der Waals surface area contributed by atoms with Crippen molar-refractivity contribution >= 4 is 5.97 Å². The standard InChI is InChI=1S/C16H20N2O3/c1-3-13(16(19)20-4-2)21-14-8-6-5-7-12(14)11-15-17-9-10-18-15/h5-10,13H,3-4,11H2,1-2H3,(H,17,18). The van der Waals surface area contributed by atoms with Crippen molar-refractivity contribution in [1.29, 1.82) is 0 Å². The number of carbonyl (C=O) groups is 1. The molecule has 0 saturated heterocycles. The first-order chi connectivity index (χ1) is 10.2. The molecule has 0 radical (unpaired) electrons. The van der Waals surface area contributed by atoms with Crippen LogP contribution in [0, 0.1) is 0 Å². The van der Waals surface area contributed by atoms with Gasteiger partial charge in [0, 0.05) is 24.4 Å². The Kier molecular flexibility index (Phi) is 5.37. The van der Waals surface area contributed by atoms with Gasteiger partial charge in [-0.25, -0.2) is 9.78 Å². The van der Waals surface area contributed by atoms with Crippen molar-refractivity contribution in [1.82, 2.24) is 9.97 Å². The van der Waals surface area contributed by atoms with E-state index >= 15 is 0 Å². The SMILES string of the molecule is CCOC(=O)C(CC)Oc1ccccc1Cc1ncc[nH]1. The minimum atomic E-state index is -0.581. The zero-order valence-corrected chi connectivity index (χ0v) is 12.3. The van der Waals surface area contributed by atoms with Crippen LogP contribution in [-0.2, 0) is 16.0 Å². The number of aromatic nitrogens is 2. The lowest BCUT2D eigenvalue weighted by Crippen LogP contribution is -2.29. The minimum Gasteiger partial charge on any atom is -0.478 e. The second-order valence-electron chi connectivity index (χ2n) is 4.59. The van der Waals surface area contributed by atoms with Crippen molar-refractivity contribution in [2.75, 3.05) is 6.61 Å². The minimum absolute atomic E-state index is 0.326. The zero-order valence-electron chi connectivity index (χ0n) is 12.3. The number of nitrogens with one attached hydrogen (secondary N) is 1. The van der Waals surface area contributed by atoms with E-state index in [1.54, 1.807) is 19.3 Å². The lowest BCUT2D eigenvalue weighted by atomic mass is 10.1. The van der Waals surface area contributed by atoms with Gasteiger partial charge in [-0.15, -0.1) is 0 Å². The smallest absolute Gasteiger partial charge is 0.347 e. The van der Waals surface area contributed by atoms with E-state index in [0.29, 0.717) is 25.2 Å². The predicted octanol–water partition coefficient (Wildman–Crippen LogP) is 2.72. The highest BCUT2D eigenvalue weighted by atomic mass is 16.6. The number of hydrogen-bond acceptors (Lipinski definition) is 4. The highest BCUT2D eigenvalue weighted by molar-refractivity contribution is 5.75. The van der Waals surface area contributed by atoms with Crippen LogP contribution >= 0.6 is 0 Å². The van der Waals surface area contributed by atoms with Gasteiger partial charge >= 0.3 is 5.97 Å². The highest BCUT2D eigenvalue weighted by Crippen LogP contribution is 2.22. The molecule has 2 rings (SSSR count). The molecule has 0 aliphatic carbocycles. The number of H-pyrrole nitrogens is 1. The van der Waals surface area contributed by atoms with Crippen LogP contribution in [-0.4, -0.2) is 28.6 Å². The van der Waals surface area contributed by atoms with Gasteiger partial charge in [0.25, 0.3) is 0 Å². The van der Waals surface area contributed by atoms with E-state index in [-0.39, 0.29) is 5.97 Å². The fourth-order valence-corrected chi connectivity index (χ4v) is 2.03. The van der Waals surface area contributed by atoms with Gasteiger partial charge < -0.3 is 14.5 Å². The number of imidazole rings is 1. The maximum Gasteiger partial charge on any atom is 0.347 e. The van der Waals surface area contributed by atoms with Crippen molar-refractivity contribution < 1.29 is 14.3 Å². The van der Waals surface area contributed by atoms with Crippen LogP contribution < -0.4 is 4.74 Å². The average Bonchev–Trinajstić information content (AvgIpc) is 2.99. The van der Waals surface area contributed by atoms with E-state index < -0.39 is 6.10 Å². The quantitative estimate of drug-likeness (QED) is 0.796. The van der Waals surface area contributed by atoms with E-state index in [9.17, 15) is 4.79 Å². The first-order valence-corrected chi connectivity index (χ1v) is 7.14. The molecule has 1 N–H and O–H groups in total. The van der Waals surface area contributed by atoms with Crippen molar-refractivity contribution in [3.63, 3.8) is 0 Å². The topological polar surface area (TPSA) is 64.2 Å². The van der Waals surface area contributed by atoms with Gasteiger partial charge in [-0.05, 0) is 19.4 Å². The maximum absolute atomic E-state index is 11.8. The summed E-state index contributed by atoms with van der Waals surface area (Å²) < 4.78 is 10.9. The number of rotatable bonds is 7. The summed E-state index contributed by atoms with van der Waals surface area (Å²) in [6.45, 7) is 4.04. The first kappa shape index (κ1) is 15.1. The lowest BCUT2D eigenvalue weighted by Gasteiger charge is -2.18. The van der Waals surface area contributed by atoms with Crippen LogP contribution in [0.4, 0.5) is 0 Å². The molecule has 0 amide bonds.